The molecule has 15 nitrogen and oxygen atoms in total. The Bertz CT molecular complexity index is 8560. The highest BCUT2D eigenvalue weighted by Crippen LogP contribution is 2.66. The van der Waals surface area contributed by atoms with Crippen molar-refractivity contribution in [1.29, 1.82) is 0 Å². The molecule has 9 aromatic heterocycles. The molecule has 0 radical (unpaired) electrons. The number of nitrogens with zero attached hydrogens (tertiary/aromatic N) is 9. The maximum absolute atomic E-state index is 7.15. The van der Waals surface area contributed by atoms with Crippen LogP contribution in [0.2, 0.25) is 0 Å². The van der Waals surface area contributed by atoms with Crippen molar-refractivity contribution >= 4 is 186 Å². The first-order valence-corrected chi connectivity index (χ1v) is 43.4. The van der Waals surface area contributed by atoms with Crippen molar-refractivity contribution in [2.24, 2.45) is 0 Å². The van der Waals surface area contributed by atoms with E-state index < -0.39 is 0 Å². The molecule has 0 unspecified atom stereocenters. The third kappa shape index (κ3) is 10.8. The highest BCUT2D eigenvalue weighted by molar-refractivity contribution is 7.99. The summed E-state index contributed by atoms with van der Waals surface area (Å²) in [5.74, 6) is 5.48. The number of anilines is 6. The minimum Gasteiger partial charge on any atom is -0.453 e. The van der Waals surface area contributed by atoms with Gasteiger partial charge in [-0.05, 0) is 234 Å². The summed E-state index contributed by atoms with van der Waals surface area (Å²) >= 11 is 6.86. The van der Waals surface area contributed by atoms with Gasteiger partial charge in [-0.2, -0.15) is 0 Å². The average Bonchev–Trinajstić information content (AvgIpc) is 1.69. The first kappa shape index (κ1) is 68.4. The SMILES string of the molecule is c1ccc(-n2c3ccccc3c3ccc(-c4ccc5sc6c7c8c(cc6c5c4)Oc4cc(-c5nc6ccccc6s5)ccc4N8c4ccc(-c5nc6ccccc6s5)cc4O7)cc32)cc1.c1ccc2c(c1)oc1c3c4c(cc12)Sc1cc(-c2nc5cc(-c6ccncc6)ccc5o2)ccc1N4c1ccc(-c2nc4cc(-c5ccncc5)ccc4o2)cc1O3. The molecule has 0 amide bonds. The molecule has 15 aromatic carbocycles. The van der Waals surface area contributed by atoms with Crippen LogP contribution in [-0.2, 0) is 0 Å². The van der Waals surface area contributed by atoms with Crippen molar-refractivity contribution in [2.45, 2.75) is 9.79 Å². The molecule has 0 atom stereocenters. The molecular formula is C104H55N9O6S4. The number of aromatic nitrogens is 7. The van der Waals surface area contributed by atoms with Gasteiger partial charge in [0.05, 0.1) is 58.9 Å². The van der Waals surface area contributed by atoms with Gasteiger partial charge in [0.15, 0.2) is 51.2 Å². The second-order valence-electron chi connectivity index (χ2n) is 30.8. The lowest BCUT2D eigenvalue weighted by molar-refractivity contribution is 0.450. The van der Waals surface area contributed by atoms with E-state index in [0.717, 1.165) is 207 Å². The van der Waals surface area contributed by atoms with Crippen molar-refractivity contribution in [3.05, 3.63) is 334 Å². The van der Waals surface area contributed by atoms with Crippen LogP contribution in [0.25, 0.3) is 190 Å². The maximum atomic E-state index is 7.15. The minimum absolute atomic E-state index is 0.507. The van der Waals surface area contributed by atoms with Crippen LogP contribution in [0.4, 0.5) is 34.1 Å². The van der Waals surface area contributed by atoms with E-state index in [1.54, 1.807) is 70.6 Å². The lowest BCUT2D eigenvalue weighted by atomic mass is 10.00. The normalized spacial score (nSPS) is 12.8. The number of furan rings is 1. The molecule has 13 heterocycles. The van der Waals surface area contributed by atoms with Crippen LogP contribution in [0, 0.1) is 0 Å². The molecule has 28 rings (SSSR count). The third-order valence-electron chi connectivity index (χ3n) is 23.7. The molecule has 0 saturated carbocycles. The number of rotatable bonds is 8. The van der Waals surface area contributed by atoms with Gasteiger partial charge in [0.1, 0.15) is 38.0 Å². The van der Waals surface area contributed by atoms with E-state index in [1.165, 1.54) is 26.5 Å². The van der Waals surface area contributed by atoms with E-state index in [0.29, 0.717) is 34.4 Å². The molecular weight excluding hydrogens is 1600 g/mol. The first-order valence-electron chi connectivity index (χ1n) is 40.2. The summed E-state index contributed by atoms with van der Waals surface area (Å²) in [6, 6.07) is 108. The number of oxazole rings is 2. The monoisotopic (exact) mass is 1650 g/mol. The van der Waals surface area contributed by atoms with E-state index in [1.807, 2.05) is 91.0 Å². The number of para-hydroxylation sites is 5. The van der Waals surface area contributed by atoms with Gasteiger partial charge in [0, 0.05) is 99.5 Å². The number of thiophene rings is 1. The number of benzene rings is 15. The van der Waals surface area contributed by atoms with Crippen LogP contribution < -0.4 is 24.0 Å². The third-order valence-corrected chi connectivity index (χ3v) is 28.2. The Morgan fingerprint density at radius 1 is 0.276 bits per heavy atom. The number of fused-ring (bicyclic) bond motifs is 23. The zero-order valence-corrected chi connectivity index (χ0v) is 67.6. The molecule has 576 valence electrons. The smallest absolute Gasteiger partial charge is 0.227 e. The van der Waals surface area contributed by atoms with Crippen molar-refractivity contribution in [1.82, 2.24) is 34.5 Å². The Morgan fingerprint density at radius 3 is 1.50 bits per heavy atom. The van der Waals surface area contributed by atoms with Crippen molar-refractivity contribution in [3.8, 4) is 118 Å². The molecule has 0 aliphatic carbocycles. The zero-order chi connectivity index (χ0) is 80.2. The molecule has 4 aliphatic rings. The Balaban J connectivity index is 0.000000130. The maximum Gasteiger partial charge on any atom is 0.227 e. The van der Waals surface area contributed by atoms with E-state index in [9.17, 15) is 0 Å². The van der Waals surface area contributed by atoms with Crippen LogP contribution >= 0.6 is 45.8 Å². The molecule has 0 bridgehead atoms. The van der Waals surface area contributed by atoms with Gasteiger partial charge in [-0.3, -0.25) is 14.9 Å². The summed E-state index contributed by atoms with van der Waals surface area (Å²) in [7, 11) is 0. The molecule has 0 fully saturated rings. The number of pyridine rings is 2. The van der Waals surface area contributed by atoms with Gasteiger partial charge in [0.25, 0.3) is 0 Å². The lowest BCUT2D eigenvalue weighted by Crippen LogP contribution is -2.20. The second kappa shape index (κ2) is 26.5. The fraction of sp³-hybridized carbons (Fsp3) is 0. The first-order chi connectivity index (χ1) is 60.8. The fourth-order valence-corrected chi connectivity index (χ4v) is 22.2. The Labute approximate surface area is 714 Å². The predicted molar refractivity (Wildman–Crippen MR) is 496 cm³/mol. The van der Waals surface area contributed by atoms with Gasteiger partial charge < -0.3 is 36.9 Å². The number of hydrogen-bond donors (Lipinski definition) is 0. The summed E-state index contributed by atoms with van der Waals surface area (Å²) in [5.41, 5.74) is 25.9. The van der Waals surface area contributed by atoms with Crippen LogP contribution in [0.1, 0.15) is 0 Å². The van der Waals surface area contributed by atoms with Gasteiger partial charge in [-0.1, -0.05) is 121 Å². The molecule has 0 spiro atoms. The summed E-state index contributed by atoms with van der Waals surface area (Å²) < 4.78 is 47.3. The molecule has 0 saturated heterocycles. The molecule has 4 aliphatic heterocycles. The number of thiazole rings is 2. The Morgan fingerprint density at radius 2 is 0.813 bits per heavy atom. The van der Waals surface area contributed by atoms with Crippen LogP contribution in [0.3, 0.4) is 0 Å². The molecule has 123 heavy (non-hydrogen) atoms. The minimum atomic E-state index is 0.507. The summed E-state index contributed by atoms with van der Waals surface area (Å²) in [4.78, 5) is 34.9. The Hall–Kier alpha value is -15.5. The predicted octanol–water partition coefficient (Wildman–Crippen LogP) is 30.4. The standard InChI is InChI=1S/C56H30N4O2S3.C48H25N5O4S/c1-2-10-35(11-3-1)59-42-15-7-4-12-36(42)37-22-18-32(27-45(37)59)31-21-25-49-38(26-31)39-30-48-52-53(54(39)63-49)62-47-29-34(56-58-41-14-6-9-17-51(41)65-56)20-24-44(47)60(52)43-23-19-33(28-46(43)61-48)55-57-40-13-5-8-16-50(40)64-55;1-2-4-38-32(3-1)33-25-43-44-46(45(33)54-38)55-41-23-30(47-51-34-21-28(7-11-39(34)56-47)26-13-17-49-18-14-26)5-9-36(41)53(44)37-10-6-31(24-42(37)58-43)48-52-35-22-29(8-12-40(35)57-48)27-15-19-50-20-16-27/h1-30H;1-25H. The average molecular weight is 1650 g/mol. The summed E-state index contributed by atoms with van der Waals surface area (Å²) in [6.07, 6.45) is 7.17. The fourth-order valence-electron chi connectivity index (χ4n) is 18.0. The molecule has 19 heteroatoms. The van der Waals surface area contributed by atoms with Gasteiger partial charge in [-0.15, -0.1) is 34.0 Å². The summed E-state index contributed by atoms with van der Waals surface area (Å²) in [5, 5.41) is 8.67. The number of hydrogen-bond acceptors (Lipinski definition) is 18. The zero-order valence-electron chi connectivity index (χ0n) is 64.4. The van der Waals surface area contributed by atoms with Gasteiger partial charge in [-0.25, -0.2) is 19.9 Å². The molecule has 24 aromatic rings. The van der Waals surface area contributed by atoms with E-state index in [4.69, 9.17) is 47.4 Å². The lowest BCUT2D eigenvalue weighted by Gasteiger charge is -2.38. The van der Waals surface area contributed by atoms with Crippen LogP contribution in [0.5, 0.6) is 34.5 Å². The van der Waals surface area contributed by atoms with Crippen LogP contribution in [0.15, 0.2) is 357 Å². The highest BCUT2D eigenvalue weighted by atomic mass is 32.2. The van der Waals surface area contributed by atoms with Crippen molar-refractivity contribution in [3.63, 3.8) is 0 Å². The van der Waals surface area contributed by atoms with Crippen molar-refractivity contribution in [2.75, 3.05) is 9.80 Å². The topological polar surface area (TPSA) is 156 Å². The molecule has 0 N–H and O–H groups in total. The quantitative estimate of drug-likeness (QED) is 0.141. The largest absolute Gasteiger partial charge is 0.453 e. The van der Waals surface area contributed by atoms with E-state index in [-0.39, 0.29) is 0 Å². The van der Waals surface area contributed by atoms with Gasteiger partial charge in [0.2, 0.25) is 11.8 Å². The Kier molecular flexibility index (Phi) is 14.7. The van der Waals surface area contributed by atoms with Gasteiger partial charge >= 0.3 is 0 Å². The van der Waals surface area contributed by atoms with Crippen molar-refractivity contribution < 1.29 is 27.5 Å². The van der Waals surface area contributed by atoms with Crippen LogP contribution in [-0.4, -0.2) is 34.5 Å². The van der Waals surface area contributed by atoms with E-state index in [2.05, 4.69) is 243 Å². The second-order valence-corrected chi connectivity index (χ2v) is 35.0. The number of ether oxygens (including phenoxy) is 3. The summed E-state index contributed by atoms with van der Waals surface area (Å²) in [6.45, 7) is 0. The van der Waals surface area contributed by atoms with E-state index >= 15 is 0 Å². The highest BCUT2D eigenvalue weighted by Gasteiger charge is 2.40.